The lowest BCUT2D eigenvalue weighted by Gasteiger charge is -2.25. The molecule has 0 aliphatic carbocycles. The first-order valence-corrected chi connectivity index (χ1v) is 6.40. The number of aromatic nitrogens is 3. The summed E-state index contributed by atoms with van der Waals surface area (Å²) in [6.45, 7) is 4.67. The van der Waals surface area contributed by atoms with Crippen molar-refractivity contribution >= 4 is 11.8 Å². The fraction of sp³-hybridized carbons (Fsp3) is 0.667. The highest BCUT2D eigenvalue weighted by Crippen LogP contribution is 2.13. The standard InChI is InChI=1S/C12H19N5O2/c1-8(2)11-12(19)17(5-4-10(18)13-11)7-9-6-16(3)15-14-9/h6,8,11H,4-5,7H2,1-3H3,(H,13,18). The van der Waals surface area contributed by atoms with Gasteiger partial charge >= 0.3 is 0 Å². The van der Waals surface area contributed by atoms with Crippen molar-refractivity contribution in [2.45, 2.75) is 32.9 Å². The number of hydrogen-bond acceptors (Lipinski definition) is 4. The van der Waals surface area contributed by atoms with Gasteiger partial charge in [-0.1, -0.05) is 19.1 Å². The Morgan fingerprint density at radius 1 is 1.47 bits per heavy atom. The van der Waals surface area contributed by atoms with E-state index in [-0.39, 0.29) is 17.7 Å². The molecule has 1 saturated heterocycles. The van der Waals surface area contributed by atoms with Gasteiger partial charge in [0.05, 0.1) is 6.54 Å². The third kappa shape index (κ3) is 3.10. The number of hydrogen-bond donors (Lipinski definition) is 1. The number of nitrogens with zero attached hydrogens (tertiary/aromatic N) is 4. The third-order valence-corrected chi connectivity index (χ3v) is 3.17. The van der Waals surface area contributed by atoms with Crippen LogP contribution in [-0.4, -0.2) is 44.3 Å². The molecule has 19 heavy (non-hydrogen) atoms. The molecule has 2 amide bonds. The molecule has 1 aliphatic heterocycles. The number of amides is 2. The minimum atomic E-state index is -0.452. The Morgan fingerprint density at radius 3 is 2.79 bits per heavy atom. The van der Waals surface area contributed by atoms with Crippen molar-refractivity contribution in [3.63, 3.8) is 0 Å². The van der Waals surface area contributed by atoms with Crippen LogP contribution >= 0.6 is 0 Å². The smallest absolute Gasteiger partial charge is 0.245 e. The quantitative estimate of drug-likeness (QED) is 0.813. The van der Waals surface area contributed by atoms with E-state index in [2.05, 4.69) is 15.6 Å². The zero-order chi connectivity index (χ0) is 14.0. The van der Waals surface area contributed by atoms with E-state index in [1.807, 2.05) is 13.8 Å². The first kappa shape index (κ1) is 13.5. The molecular formula is C12H19N5O2. The van der Waals surface area contributed by atoms with Gasteiger partial charge in [0.25, 0.3) is 0 Å². The molecule has 1 atom stereocenters. The number of nitrogens with one attached hydrogen (secondary N) is 1. The minimum absolute atomic E-state index is 0.0495. The van der Waals surface area contributed by atoms with Crippen LogP contribution in [0.4, 0.5) is 0 Å². The van der Waals surface area contributed by atoms with Crippen LogP contribution in [0.15, 0.2) is 6.20 Å². The SMILES string of the molecule is CC(C)C1NC(=O)CCN(Cc2cn(C)nn2)C1=O. The second-order valence-corrected chi connectivity index (χ2v) is 5.18. The van der Waals surface area contributed by atoms with Gasteiger partial charge in [-0.3, -0.25) is 14.3 Å². The molecule has 1 unspecified atom stereocenters. The fourth-order valence-corrected chi connectivity index (χ4v) is 2.12. The molecule has 0 saturated carbocycles. The molecule has 1 N–H and O–H groups in total. The van der Waals surface area contributed by atoms with Crippen molar-refractivity contribution in [3.05, 3.63) is 11.9 Å². The topological polar surface area (TPSA) is 80.1 Å². The van der Waals surface area contributed by atoms with E-state index in [0.717, 1.165) is 5.69 Å². The first-order valence-electron chi connectivity index (χ1n) is 6.40. The molecule has 104 valence electrons. The lowest BCUT2D eigenvalue weighted by Crippen LogP contribution is -2.47. The fourth-order valence-electron chi connectivity index (χ4n) is 2.12. The number of carbonyl (C=O) groups excluding carboxylic acids is 2. The van der Waals surface area contributed by atoms with Crippen LogP contribution in [0.25, 0.3) is 0 Å². The van der Waals surface area contributed by atoms with Crippen LogP contribution in [0.3, 0.4) is 0 Å². The summed E-state index contributed by atoms with van der Waals surface area (Å²) < 4.78 is 1.60. The molecule has 0 bridgehead atoms. The lowest BCUT2D eigenvalue weighted by atomic mass is 10.0. The van der Waals surface area contributed by atoms with Gasteiger partial charge in [0, 0.05) is 26.2 Å². The molecule has 2 rings (SSSR count). The Bertz CT molecular complexity index is 482. The molecule has 0 aromatic carbocycles. The van der Waals surface area contributed by atoms with E-state index in [1.165, 1.54) is 0 Å². The van der Waals surface area contributed by atoms with Gasteiger partial charge in [-0.05, 0) is 5.92 Å². The average molecular weight is 265 g/mol. The summed E-state index contributed by atoms with van der Waals surface area (Å²) in [5.74, 6) is -0.0564. The minimum Gasteiger partial charge on any atom is -0.344 e. The van der Waals surface area contributed by atoms with Gasteiger partial charge in [0.2, 0.25) is 11.8 Å². The number of aryl methyl sites for hydroxylation is 1. The van der Waals surface area contributed by atoms with Crippen molar-refractivity contribution < 1.29 is 9.59 Å². The molecule has 7 heteroatoms. The highest BCUT2D eigenvalue weighted by molar-refractivity contribution is 5.90. The van der Waals surface area contributed by atoms with E-state index in [4.69, 9.17) is 0 Å². The maximum absolute atomic E-state index is 12.4. The van der Waals surface area contributed by atoms with Gasteiger partial charge in [-0.2, -0.15) is 0 Å². The summed E-state index contributed by atoms with van der Waals surface area (Å²) in [5.41, 5.74) is 0.729. The second-order valence-electron chi connectivity index (χ2n) is 5.18. The van der Waals surface area contributed by atoms with Crippen molar-refractivity contribution in [3.8, 4) is 0 Å². The van der Waals surface area contributed by atoms with Crippen molar-refractivity contribution in [1.82, 2.24) is 25.2 Å². The summed E-state index contributed by atoms with van der Waals surface area (Å²) in [5, 5.41) is 10.6. The van der Waals surface area contributed by atoms with Crippen LogP contribution in [0, 0.1) is 5.92 Å². The summed E-state index contributed by atoms with van der Waals surface area (Å²) in [7, 11) is 1.78. The Kier molecular flexibility index (Phi) is 3.82. The van der Waals surface area contributed by atoms with Gasteiger partial charge in [0.1, 0.15) is 11.7 Å². The molecular weight excluding hydrogens is 246 g/mol. The van der Waals surface area contributed by atoms with Crippen molar-refractivity contribution in [2.24, 2.45) is 13.0 Å². The number of rotatable bonds is 3. The lowest BCUT2D eigenvalue weighted by molar-refractivity contribution is -0.135. The zero-order valence-corrected chi connectivity index (χ0v) is 11.5. The van der Waals surface area contributed by atoms with Gasteiger partial charge < -0.3 is 10.2 Å². The summed E-state index contributed by atoms with van der Waals surface area (Å²) >= 11 is 0. The Morgan fingerprint density at radius 2 is 2.21 bits per heavy atom. The van der Waals surface area contributed by atoms with E-state index < -0.39 is 6.04 Å². The van der Waals surface area contributed by atoms with Crippen LogP contribution in [0.1, 0.15) is 26.0 Å². The Labute approximate surface area is 112 Å². The highest BCUT2D eigenvalue weighted by Gasteiger charge is 2.32. The molecule has 1 aromatic rings. The van der Waals surface area contributed by atoms with E-state index in [0.29, 0.717) is 19.5 Å². The Balaban J connectivity index is 2.14. The predicted octanol–water partition coefficient (Wildman–Crippen LogP) is -0.312. The third-order valence-electron chi connectivity index (χ3n) is 3.17. The van der Waals surface area contributed by atoms with E-state index in [9.17, 15) is 9.59 Å². The van der Waals surface area contributed by atoms with Gasteiger partial charge in [-0.15, -0.1) is 5.10 Å². The highest BCUT2D eigenvalue weighted by atomic mass is 16.2. The first-order chi connectivity index (χ1) is 8.97. The number of carbonyl (C=O) groups is 2. The van der Waals surface area contributed by atoms with Crippen LogP contribution in [0.5, 0.6) is 0 Å². The maximum Gasteiger partial charge on any atom is 0.245 e. The van der Waals surface area contributed by atoms with Crippen LogP contribution in [-0.2, 0) is 23.2 Å². The summed E-state index contributed by atoms with van der Waals surface area (Å²) in [6.07, 6.45) is 2.10. The summed E-state index contributed by atoms with van der Waals surface area (Å²) in [4.78, 5) is 25.7. The Hall–Kier alpha value is -1.92. The van der Waals surface area contributed by atoms with Gasteiger partial charge in [0.15, 0.2) is 0 Å². The molecule has 0 radical (unpaired) electrons. The molecule has 2 heterocycles. The van der Waals surface area contributed by atoms with E-state index in [1.54, 1.807) is 22.8 Å². The van der Waals surface area contributed by atoms with Crippen molar-refractivity contribution in [1.29, 1.82) is 0 Å². The van der Waals surface area contributed by atoms with Crippen LogP contribution < -0.4 is 5.32 Å². The molecule has 0 spiro atoms. The average Bonchev–Trinajstić information content (AvgIpc) is 2.69. The normalized spacial score (nSPS) is 20.6. The molecule has 1 aromatic heterocycles. The largest absolute Gasteiger partial charge is 0.344 e. The monoisotopic (exact) mass is 265 g/mol. The van der Waals surface area contributed by atoms with E-state index >= 15 is 0 Å². The predicted molar refractivity (Wildman–Crippen MR) is 67.8 cm³/mol. The zero-order valence-electron chi connectivity index (χ0n) is 11.5. The van der Waals surface area contributed by atoms with Gasteiger partial charge in [-0.25, -0.2) is 0 Å². The summed E-state index contributed by atoms with van der Waals surface area (Å²) in [6, 6.07) is -0.452. The molecule has 1 aliphatic rings. The molecule has 1 fully saturated rings. The van der Waals surface area contributed by atoms with Crippen LogP contribution in [0.2, 0.25) is 0 Å². The second kappa shape index (κ2) is 5.38. The molecule has 7 nitrogen and oxygen atoms in total. The van der Waals surface area contributed by atoms with Crippen molar-refractivity contribution in [2.75, 3.05) is 6.54 Å². The maximum atomic E-state index is 12.4.